The summed E-state index contributed by atoms with van der Waals surface area (Å²) in [6.45, 7) is 4.25. The fourth-order valence-electron chi connectivity index (χ4n) is 3.10. The van der Waals surface area contributed by atoms with Crippen LogP contribution in [0, 0.1) is 0 Å². The number of carbonyl (C=O) groups excluding carboxylic acids is 2. The SMILES string of the molecule is CCCC(C)(N)C(=O)N(C)C1CCN(c2ccccc2Cl)C1=O. The first-order valence-electron chi connectivity index (χ1n) is 7.91. The third kappa shape index (κ3) is 3.51. The minimum atomic E-state index is -0.943. The third-order valence-corrected chi connectivity index (χ3v) is 4.69. The lowest BCUT2D eigenvalue weighted by Gasteiger charge is -2.32. The van der Waals surface area contributed by atoms with Gasteiger partial charge >= 0.3 is 0 Å². The zero-order valence-corrected chi connectivity index (χ0v) is 14.6. The molecule has 1 aliphatic rings. The summed E-state index contributed by atoms with van der Waals surface area (Å²) in [6, 6.07) is 6.75. The number of nitrogens with zero attached hydrogens (tertiary/aromatic N) is 2. The Bertz CT molecular complexity index is 603. The van der Waals surface area contributed by atoms with E-state index in [0.717, 1.165) is 6.42 Å². The van der Waals surface area contributed by atoms with Crippen LogP contribution in [0.2, 0.25) is 5.02 Å². The van der Waals surface area contributed by atoms with Crippen molar-refractivity contribution in [1.82, 2.24) is 4.90 Å². The highest BCUT2D eigenvalue weighted by Crippen LogP contribution is 2.30. The predicted octanol–water partition coefficient (Wildman–Crippen LogP) is 2.42. The minimum Gasteiger partial charge on any atom is -0.332 e. The zero-order chi connectivity index (χ0) is 17.2. The van der Waals surface area contributed by atoms with Crippen molar-refractivity contribution in [2.45, 2.75) is 44.7 Å². The van der Waals surface area contributed by atoms with Crippen LogP contribution in [0.1, 0.15) is 33.1 Å². The number of benzene rings is 1. The standard InChI is InChI=1S/C17H24ClN3O2/c1-4-10-17(2,19)16(23)20(3)14-9-11-21(15(14)22)13-8-6-5-7-12(13)18/h5-8,14H,4,9-11,19H2,1-3H3. The molecule has 5 nitrogen and oxygen atoms in total. The van der Waals surface area contributed by atoms with E-state index in [1.54, 1.807) is 24.9 Å². The van der Waals surface area contributed by atoms with Crippen molar-refractivity contribution in [3.63, 3.8) is 0 Å². The van der Waals surface area contributed by atoms with E-state index >= 15 is 0 Å². The molecule has 0 saturated carbocycles. The van der Waals surface area contributed by atoms with E-state index in [-0.39, 0.29) is 11.8 Å². The van der Waals surface area contributed by atoms with Crippen molar-refractivity contribution in [2.24, 2.45) is 5.73 Å². The first kappa shape index (κ1) is 17.8. The van der Waals surface area contributed by atoms with Gasteiger partial charge in [-0.15, -0.1) is 0 Å². The smallest absolute Gasteiger partial charge is 0.249 e. The number of amides is 2. The molecule has 0 bridgehead atoms. The lowest BCUT2D eigenvalue weighted by atomic mass is 9.95. The maximum atomic E-state index is 12.7. The average Bonchev–Trinajstić information content (AvgIpc) is 2.88. The van der Waals surface area contributed by atoms with Crippen molar-refractivity contribution in [3.05, 3.63) is 29.3 Å². The molecule has 0 spiro atoms. The van der Waals surface area contributed by atoms with Gasteiger partial charge in [0.25, 0.3) is 0 Å². The van der Waals surface area contributed by atoms with E-state index < -0.39 is 11.6 Å². The van der Waals surface area contributed by atoms with Crippen LogP contribution < -0.4 is 10.6 Å². The maximum absolute atomic E-state index is 12.7. The molecule has 23 heavy (non-hydrogen) atoms. The summed E-state index contributed by atoms with van der Waals surface area (Å²) in [7, 11) is 1.65. The van der Waals surface area contributed by atoms with Crippen molar-refractivity contribution in [3.8, 4) is 0 Å². The lowest BCUT2D eigenvalue weighted by molar-refractivity contribution is -0.141. The average molecular weight is 338 g/mol. The number of anilines is 1. The number of halogens is 1. The van der Waals surface area contributed by atoms with Gasteiger partial charge < -0.3 is 15.5 Å². The summed E-state index contributed by atoms with van der Waals surface area (Å²) in [5, 5.41) is 0.533. The monoisotopic (exact) mass is 337 g/mol. The largest absolute Gasteiger partial charge is 0.332 e. The van der Waals surface area contributed by atoms with E-state index in [9.17, 15) is 9.59 Å². The summed E-state index contributed by atoms with van der Waals surface area (Å²) in [5.74, 6) is -0.306. The number of rotatable bonds is 5. The number of carbonyl (C=O) groups is 2. The number of hydrogen-bond donors (Lipinski definition) is 1. The Morgan fingerprint density at radius 2 is 2.13 bits per heavy atom. The molecule has 2 N–H and O–H groups in total. The molecule has 126 valence electrons. The van der Waals surface area contributed by atoms with E-state index in [2.05, 4.69) is 0 Å². The predicted molar refractivity (Wildman–Crippen MR) is 92.5 cm³/mol. The van der Waals surface area contributed by atoms with Crippen LogP contribution in [0.15, 0.2) is 24.3 Å². The molecule has 1 heterocycles. The van der Waals surface area contributed by atoms with E-state index in [0.29, 0.717) is 30.1 Å². The van der Waals surface area contributed by atoms with Crippen molar-refractivity contribution in [1.29, 1.82) is 0 Å². The number of likely N-dealkylation sites (N-methyl/N-ethyl adjacent to an activating group) is 1. The molecule has 2 amide bonds. The van der Waals surface area contributed by atoms with E-state index in [1.165, 1.54) is 4.90 Å². The zero-order valence-electron chi connectivity index (χ0n) is 13.9. The number of para-hydroxylation sites is 1. The van der Waals surface area contributed by atoms with Crippen LogP contribution in [-0.4, -0.2) is 41.9 Å². The van der Waals surface area contributed by atoms with Crippen LogP contribution in [-0.2, 0) is 9.59 Å². The molecule has 1 aliphatic heterocycles. The van der Waals surface area contributed by atoms with Gasteiger partial charge in [-0.1, -0.05) is 37.1 Å². The Kier molecular flexibility index (Phi) is 5.32. The third-order valence-electron chi connectivity index (χ3n) is 4.37. The molecular weight excluding hydrogens is 314 g/mol. The number of hydrogen-bond acceptors (Lipinski definition) is 3. The highest BCUT2D eigenvalue weighted by molar-refractivity contribution is 6.34. The molecule has 2 rings (SSSR count). The van der Waals surface area contributed by atoms with Crippen LogP contribution in [0.4, 0.5) is 5.69 Å². The molecule has 2 unspecified atom stereocenters. The maximum Gasteiger partial charge on any atom is 0.249 e. The molecule has 2 atom stereocenters. The van der Waals surface area contributed by atoms with Crippen LogP contribution in [0.3, 0.4) is 0 Å². The summed E-state index contributed by atoms with van der Waals surface area (Å²) >= 11 is 6.18. The Morgan fingerprint density at radius 1 is 1.48 bits per heavy atom. The molecular formula is C17H24ClN3O2. The molecule has 1 fully saturated rings. The van der Waals surface area contributed by atoms with Gasteiger partial charge in [-0.2, -0.15) is 0 Å². The second-order valence-electron chi connectivity index (χ2n) is 6.33. The van der Waals surface area contributed by atoms with Crippen molar-refractivity contribution < 1.29 is 9.59 Å². The molecule has 1 saturated heterocycles. The van der Waals surface area contributed by atoms with E-state index in [4.69, 9.17) is 17.3 Å². The first-order chi connectivity index (χ1) is 10.8. The first-order valence-corrected chi connectivity index (χ1v) is 8.29. The van der Waals surface area contributed by atoms with Crippen LogP contribution >= 0.6 is 11.6 Å². The van der Waals surface area contributed by atoms with Crippen molar-refractivity contribution >= 4 is 29.1 Å². The van der Waals surface area contributed by atoms with E-state index in [1.807, 2.05) is 25.1 Å². The van der Waals surface area contributed by atoms with Crippen LogP contribution in [0.5, 0.6) is 0 Å². The Labute approximate surface area is 142 Å². The molecule has 0 aromatic heterocycles. The summed E-state index contributed by atoms with van der Waals surface area (Å²) in [5.41, 5.74) is 5.86. The molecule has 6 heteroatoms. The fraction of sp³-hybridized carbons (Fsp3) is 0.529. The van der Waals surface area contributed by atoms with Gasteiger partial charge in [0.05, 0.1) is 16.2 Å². The van der Waals surface area contributed by atoms with Gasteiger partial charge in [0.2, 0.25) is 11.8 Å². The van der Waals surface area contributed by atoms with Gasteiger partial charge in [-0.05, 0) is 31.9 Å². The van der Waals surface area contributed by atoms with Gasteiger partial charge in [-0.3, -0.25) is 9.59 Å². The lowest BCUT2D eigenvalue weighted by Crippen LogP contribution is -2.56. The topological polar surface area (TPSA) is 66.6 Å². The Balaban J connectivity index is 2.16. The molecule has 1 aromatic rings. The normalized spacial score (nSPS) is 20.5. The Hall–Kier alpha value is -1.59. The summed E-state index contributed by atoms with van der Waals surface area (Å²) in [4.78, 5) is 28.5. The quantitative estimate of drug-likeness (QED) is 0.897. The fourth-order valence-corrected chi connectivity index (χ4v) is 3.34. The molecule has 1 aromatic carbocycles. The second kappa shape index (κ2) is 6.89. The van der Waals surface area contributed by atoms with Gasteiger partial charge in [-0.25, -0.2) is 0 Å². The number of nitrogens with two attached hydrogens (primary N) is 1. The van der Waals surface area contributed by atoms with Gasteiger partial charge in [0.15, 0.2) is 0 Å². The van der Waals surface area contributed by atoms with Gasteiger partial charge in [0, 0.05) is 13.6 Å². The highest BCUT2D eigenvalue weighted by atomic mass is 35.5. The molecule has 0 aliphatic carbocycles. The van der Waals surface area contributed by atoms with Crippen molar-refractivity contribution in [2.75, 3.05) is 18.5 Å². The van der Waals surface area contributed by atoms with Crippen LogP contribution in [0.25, 0.3) is 0 Å². The van der Waals surface area contributed by atoms with Gasteiger partial charge in [0.1, 0.15) is 6.04 Å². The summed E-state index contributed by atoms with van der Waals surface area (Å²) in [6.07, 6.45) is 1.98. The Morgan fingerprint density at radius 3 is 2.74 bits per heavy atom. The molecule has 0 radical (unpaired) electrons. The minimum absolute atomic E-state index is 0.110. The highest BCUT2D eigenvalue weighted by Gasteiger charge is 2.41. The summed E-state index contributed by atoms with van der Waals surface area (Å²) < 4.78 is 0. The second-order valence-corrected chi connectivity index (χ2v) is 6.74.